The Morgan fingerprint density at radius 3 is 2.37 bits per heavy atom. The topological polar surface area (TPSA) is 87.7 Å². The molecule has 7 nitrogen and oxygen atoms in total. The van der Waals surface area contributed by atoms with Gasteiger partial charge in [-0.3, -0.25) is 10.1 Å². The number of carbonyl (C=O) groups is 3. The molecule has 2 N–H and O–H groups in total. The van der Waals surface area contributed by atoms with Gasteiger partial charge in [0.25, 0.3) is 5.91 Å². The van der Waals surface area contributed by atoms with Crippen molar-refractivity contribution < 1.29 is 19.1 Å². The Kier molecular flexibility index (Phi) is 6.93. The van der Waals surface area contributed by atoms with Crippen LogP contribution in [0.15, 0.2) is 54.6 Å². The zero-order chi connectivity index (χ0) is 19.8. The van der Waals surface area contributed by atoms with Crippen molar-refractivity contribution in [2.75, 3.05) is 25.5 Å². The van der Waals surface area contributed by atoms with E-state index in [1.807, 2.05) is 25.1 Å². The summed E-state index contributed by atoms with van der Waals surface area (Å²) in [5.74, 6) is -1.37. The maximum Gasteiger partial charge on any atom is 0.339 e. The lowest BCUT2D eigenvalue weighted by molar-refractivity contribution is -0.129. The van der Waals surface area contributed by atoms with E-state index in [4.69, 9.17) is 4.74 Å². The molecule has 142 valence electrons. The number of hydrogen-bond acceptors (Lipinski definition) is 5. The second-order valence-corrected chi connectivity index (χ2v) is 5.99. The Morgan fingerprint density at radius 2 is 1.74 bits per heavy atom. The van der Waals surface area contributed by atoms with Crippen molar-refractivity contribution in [1.82, 2.24) is 10.6 Å². The molecule has 0 aromatic heterocycles. The molecule has 0 unspecified atom stereocenters. The average Bonchev–Trinajstić information content (AvgIpc) is 2.66. The summed E-state index contributed by atoms with van der Waals surface area (Å²) in [6.07, 6.45) is -1.25. The third kappa shape index (κ3) is 5.57. The van der Waals surface area contributed by atoms with E-state index in [9.17, 15) is 14.4 Å². The molecule has 2 aromatic carbocycles. The molecule has 0 bridgehead atoms. The molecular formula is C20H23N3O4. The van der Waals surface area contributed by atoms with E-state index in [0.29, 0.717) is 17.7 Å². The Balaban J connectivity index is 2.23. The molecule has 2 aromatic rings. The van der Waals surface area contributed by atoms with Crippen molar-refractivity contribution in [1.29, 1.82) is 0 Å². The highest BCUT2D eigenvalue weighted by Crippen LogP contribution is 2.21. The van der Waals surface area contributed by atoms with Gasteiger partial charge in [0.2, 0.25) is 6.10 Å². The molecule has 1 atom stereocenters. The first-order valence-electron chi connectivity index (χ1n) is 8.54. The lowest BCUT2D eigenvalue weighted by atomic mass is 10.1. The van der Waals surface area contributed by atoms with Gasteiger partial charge in [0.15, 0.2) is 0 Å². The molecular weight excluding hydrogens is 346 g/mol. The molecule has 0 heterocycles. The summed E-state index contributed by atoms with van der Waals surface area (Å²) in [4.78, 5) is 38.6. The quantitative estimate of drug-likeness (QED) is 0.764. The van der Waals surface area contributed by atoms with Gasteiger partial charge in [0.1, 0.15) is 0 Å². The van der Waals surface area contributed by atoms with Gasteiger partial charge in [0.05, 0.1) is 5.56 Å². The van der Waals surface area contributed by atoms with Crippen LogP contribution in [-0.2, 0) is 9.53 Å². The van der Waals surface area contributed by atoms with E-state index in [1.54, 1.807) is 55.5 Å². The zero-order valence-electron chi connectivity index (χ0n) is 15.6. The third-order valence-electron chi connectivity index (χ3n) is 3.74. The molecule has 0 spiro atoms. The minimum Gasteiger partial charge on any atom is -0.444 e. The number of carbonyl (C=O) groups excluding carboxylic acids is 3. The summed E-state index contributed by atoms with van der Waals surface area (Å²) in [6, 6.07) is 14.8. The summed E-state index contributed by atoms with van der Waals surface area (Å²) in [5.41, 5.74) is 1.61. The smallest absolute Gasteiger partial charge is 0.339 e. The fraction of sp³-hybridized carbons (Fsp3) is 0.250. The van der Waals surface area contributed by atoms with E-state index < -0.39 is 24.0 Å². The Hall–Kier alpha value is -3.35. The number of imide groups is 1. The zero-order valence-corrected chi connectivity index (χ0v) is 15.6. The first-order chi connectivity index (χ1) is 12.9. The maximum atomic E-state index is 12.6. The summed E-state index contributed by atoms with van der Waals surface area (Å²) >= 11 is 0. The average molecular weight is 369 g/mol. The Morgan fingerprint density at radius 1 is 1.04 bits per heavy atom. The van der Waals surface area contributed by atoms with Gasteiger partial charge >= 0.3 is 12.0 Å². The number of nitrogens with one attached hydrogen (secondary N) is 2. The van der Waals surface area contributed by atoms with Crippen LogP contribution in [0.5, 0.6) is 0 Å². The van der Waals surface area contributed by atoms with Crippen molar-refractivity contribution in [3.05, 3.63) is 65.7 Å². The fourth-order valence-corrected chi connectivity index (χ4v) is 2.37. The van der Waals surface area contributed by atoms with Gasteiger partial charge in [-0.15, -0.1) is 0 Å². The number of amides is 3. The van der Waals surface area contributed by atoms with Crippen molar-refractivity contribution in [2.24, 2.45) is 0 Å². The Bertz CT molecular complexity index is 806. The molecule has 7 heteroatoms. The van der Waals surface area contributed by atoms with E-state index in [1.165, 1.54) is 0 Å². The first-order valence-corrected chi connectivity index (χ1v) is 8.54. The summed E-state index contributed by atoms with van der Waals surface area (Å²) in [5, 5.41) is 4.66. The number of urea groups is 1. The monoisotopic (exact) mass is 369 g/mol. The molecule has 0 aliphatic rings. The molecule has 0 fully saturated rings. The first kappa shape index (κ1) is 20.0. The van der Waals surface area contributed by atoms with Crippen LogP contribution in [0.3, 0.4) is 0 Å². The van der Waals surface area contributed by atoms with Gasteiger partial charge in [0, 0.05) is 31.9 Å². The highest BCUT2D eigenvalue weighted by molar-refractivity contribution is 5.99. The lowest BCUT2D eigenvalue weighted by Crippen LogP contribution is -2.42. The number of ether oxygens (including phenoxy) is 1. The number of rotatable bonds is 6. The van der Waals surface area contributed by atoms with Crippen molar-refractivity contribution in [3.63, 3.8) is 0 Å². The summed E-state index contributed by atoms with van der Waals surface area (Å²) in [6.45, 7) is 2.10. The van der Waals surface area contributed by atoms with Gasteiger partial charge in [-0.1, -0.05) is 36.4 Å². The molecule has 0 saturated carbocycles. The van der Waals surface area contributed by atoms with Crippen LogP contribution >= 0.6 is 0 Å². The van der Waals surface area contributed by atoms with E-state index >= 15 is 0 Å². The third-order valence-corrected chi connectivity index (χ3v) is 3.74. The number of nitrogens with zero attached hydrogens (tertiary/aromatic N) is 1. The number of anilines is 1. The second kappa shape index (κ2) is 9.38. The molecule has 0 saturated heterocycles. The molecule has 0 radical (unpaired) electrons. The highest BCUT2D eigenvalue weighted by Gasteiger charge is 2.27. The minimum atomic E-state index is -1.25. The number of esters is 1. The number of hydrogen-bond donors (Lipinski definition) is 2. The van der Waals surface area contributed by atoms with Crippen LogP contribution in [0, 0.1) is 0 Å². The lowest BCUT2D eigenvalue weighted by Gasteiger charge is -2.18. The van der Waals surface area contributed by atoms with E-state index in [2.05, 4.69) is 10.6 Å². The van der Waals surface area contributed by atoms with E-state index in [-0.39, 0.29) is 0 Å². The standard InChI is InChI=1S/C20H23N3O4/c1-4-21-20(26)22-18(24)17(14-9-6-5-7-10-14)27-19(25)15-11-8-12-16(13-15)23(2)3/h5-13,17H,4H2,1-3H3,(H2,21,22,24,26)/t17-/m0/s1. The van der Waals surface area contributed by atoms with Crippen LogP contribution in [0.2, 0.25) is 0 Å². The summed E-state index contributed by atoms with van der Waals surface area (Å²) < 4.78 is 5.45. The van der Waals surface area contributed by atoms with Crippen LogP contribution in [0.4, 0.5) is 10.5 Å². The van der Waals surface area contributed by atoms with Gasteiger partial charge < -0.3 is 15.0 Å². The minimum absolute atomic E-state index is 0.313. The molecule has 0 aliphatic heterocycles. The Labute approximate surface area is 158 Å². The van der Waals surface area contributed by atoms with Crippen LogP contribution < -0.4 is 15.5 Å². The predicted molar refractivity (Wildman–Crippen MR) is 103 cm³/mol. The fourth-order valence-electron chi connectivity index (χ4n) is 2.37. The summed E-state index contributed by atoms with van der Waals surface area (Å²) in [7, 11) is 3.72. The SMILES string of the molecule is CCNC(=O)NC(=O)[C@@H](OC(=O)c1cccc(N(C)C)c1)c1ccccc1. The number of benzene rings is 2. The molecule has 3 amide bonds. The van der Waals surface area contributed by atoms with Crippen molar-refractivity contribution >= 4 is 23.6 Å². The van der Waals surface area contributed by atoms with Crippen LogP contribution in [0.1, 0.15) is 28.9 Å². The predicted octanol–water partition coefficient (Wildman–Crippen LogP) is 2.50. The van der Waals surface area contributed by atoms with Crippen LogP contribution in [0.25, 0.3) is 0 Å². The van der Waals surface area contributed by atoms with E-state index in [0.717, 1.165) is 5.69 Å². The van der Waals surface area contributed by atoms with Gasteiger partial charge in [-0.2, -0.15) is 0 Å². The van der Waals surface area contributed by atoms with Gasteiger partial charge in [-0.05, 0) is 25.1 Å². The molecule has 2 rings (SSSR count). The van der Waals surface area contributed by atoms with Crippen LogP contribution in [-0.4, -0.2) is 38.5 Å². The van der Waals surface area contributed by atoms with Crippen molar-refractivity contribution in [2.45, 2.75) is 13.0 Å². The molecule has 0 aliphatic carbocycles. The maximum absolute atomic E-state index is 12.6. The normalized spacial score (nSPS) is 11.2. The van der Waals surface area contributed by atoms with Crippen molar-refractivity contribution in [3.8, 4) is 0 Å². The largest absolute Gasteiger partial charge is 0.444 e. The highest BCUT2D eigenvalue weighted by atomic mass is 16.5. The molecule has 27 heavy (non-hydrogen) atoms. The van der Waals surface area contributed by atoms with Gasteiger partial charge in [-0.25, -0.2) is 9.59 Å². The second-order valence-electron chi connectivity index (χ2n) is 5.99.